The molecule has 0 fully saturated rings. The number of amides is 1. The largest absolute Gasteiger partial charge is 0.352 e. The van der Waals surface area contributed by atoms with Gasteiger partial charge < -0.3 is 5.32 Å². The van der Waals surface area contributed by atoms with Crippen molar-refractivity contribution >= 4 is 17.5 Å². The van der Waals surface area contributed by atoms with Gasteiger partial charge in [0.15, 0.2) is 0 Å². The zero-order valence-corrected chi connectivity index (χ0v) is 16.1. The first kappa shape index (κ1) is 19.1. The number of nitrogens with one attached hydrogen (secondary N) is 1. The van der Waals surface area contributed by atoms with E-state index in [-0.39, 0.29) is 12.5 Å². The first-order chi connectivity index (χ1) is 12.9. The molecule has 0 bridgehead atoms. The van der Waals surface area contributed by atoms with E-state index in [2.05, 4.69) is 10.4 Å². The number of halogens is 2. The molecule has 0 unspecified atom stereocenters. The third kappa shape index (κ3) is 4.95. The van der Waals surface area contributed by atoms with Gasteiger partial charge in [-0.3, -0.25) is 9.48 Å². The molecule has 0 aliphatic heterocycles. The van der Waals surface area contributed by atoms with Gasteiger partial charge >= 0.3 is 0 Å². The number of rotatable bonds is 6. The van der Waals surface area contributed by atoms with Crippen molar-refractivity contribution in [3.8, 4) is 11.3 Å². The zero-order valence-electron chi connectivity index (χ0n) is 15.3. The fraction of sp³-hybridized carbons (Fsp3) is 0.238. The van der Waals surface area contributed by atoms with Gasteiger partial charge in [-0.2, -0.15) is 5.10 Å². The van der Waals surface area contributed by atoms with E-state index in [0.717, 1.165) is 16.8 Å². The molecule has 0 radical (unpaired) electrons. The van der Waals surface area contributed by atoms with E-state index in [1.54, 1.807) is 10.7 Å². The SMILES string of the molecule is Cc1ccc(-c2nn(C)cc2CCC(=O)NCc2ccc(F)cc2Cl)cc1. The van der Waals surface area contributed by atoms with Gasteiger partial charge in [0.1, 0.15) is 5.82 Å². The Bertz CT molecular complexity index is 951. The minimum Gasteiger partial charge on any atom is -0.352 e. The molecule has 0 spiro atoms. The van der Waals surface area contributed by atoms with E-state index in [0.29, 0.717) is 23.4 Å². The van der Waals surface area contributed by atoms with Crippen molar-refractivity contribution in [3.05, 3.63) is 76.2 Å². The Morgan fingerprint density at radius 3 is 2.63 bits per heavy atom. The summed E-state index contributed by atoms with van der Waals surface area (Å²) in [7, 11) is 1.87. The molecule has 1 aromatic heterocycles. The number of benzene rings is 2. The number of aromatic nitrogens is 2. The molecular formula is C21H21ClFN3O. The molecular weight excluding hydrogens is 365 g/mol. The highest BCUT2D eigenvalue weighted by atomic mass is 35.5. The molecule has 0 atom stereocenters. The first-order valence-corrected chi connectivity index (χ1v) is 9.10. The standard InChI is InChI=1S/C21H21ClFN3O/c1-14-3-5-15(6-4-14)21-17(13-26(2)25-21)8-10-20(27)24-12-16-7-9-18(23)11-19(16)22/h3-7,9,11,13H,8,10,12H2,1-2H3,(H,24,27). The predicted octanol–water partition coefficient (Wildman–Crippen LogP) is 4.44. The maximum atomic E-state index is 13.1. The summed E-state index contributed by atoms with van der Waals surface area (Å²) in [6.45, 7) is 2.32. The van der Waals surface area contributed by atoms with Gasteiger partial charge in [-0.1, -0.05) is 47.5 Å². The lowest BCUT2D eigenvalue weighted by molar-refractivity contribution is -0.121. The third-order valence-corrected chi connectivity index (χ3v) is 4.69. The average Bonchev–Trinajstić information content (AvgIpc) is 3.00. The molecule has 1 N–H and O–H groups in total. The summed E-state index contributed by atoms with van der Waals surface area (Å²) in [6, 6.07) is 12.3. The van der Waals surface area contributed by atoms with Crippen molar-refractivity contribution in [1.82, 2.24) is 15.1 Å². The maximum Gasteiger partial charge on any atom is 0.220 e. The summed E-state index contributed by atoms with van der Waals surface area (Å²) in [6.07, 6.45) is 2.86. The maximum absolute atomic E-state index is 13.1. The van der Waals surface area contributed by atoms with Crippen molar-refractivity contribution in [1.29, 1.82) is 0 Å². The molecule has 140 valence electrons. The molecule has 1 heterocycles. The van der Waals surface area contributed by atoms with E-state index in [1.165, 1.54) is 17.7 Å². The molecule has 6 heteroatoms. The third-order valence-electron chi connectivity index (χ3n) is 4.34. The lowest BCUT2D eigenvalue weighted by Gasteiger charge is -2.07. The van der Waals surface area contributed by atoms with Gasteiger partial charge in [0.05, 0.1) is 5.69 Å². The highest BCUT2D eigenvalue weighted by molar-refractivity contribution is 6.31. The lowest BCUT2D eigenvalue weighted by Crippen LogP contribution is -2.23. The van der Waals surface area contributed by atoms with Crippen LogP contribution in [0.5, 0.6) is 0 Å². The number of nitrogens with zero attached hydrogens (tertiary/aromatic N) is 2. The number of carbonyl (C=O) groups is 1. The van der Waals surface area contributed by atoms with Crippen LogP contribution in [0.15, 0.2) is 48.7 Å². The van der Waals surface area contributed by atoms with Gasteiger partial charge in [0, 0.05) is 36.8 Å². The Morgan fingerprint density at radius 2 is 1.93 bits per heavy atom. The molecule has 0 aliphatic rings. The van der Waals surface area contributed by atoms with Crippen molar-refractivity contribution < 1.29 is 9.18 Å². The second-order valence-electron chi connectivity index (χ2n) is 6.56. The molecule has 27 heavy (non-hydrogen) atoms. The van der Waals surface area contributed by atoms with Crippen LogP contribution in [0.4, 0.5) is 4.39 Å². The second kappa shape index (κ2) is 8.35. The molecule has 4 nitrogen and oxygen atoms in total. The van der Waals surface area contributed by atoms with E-state index in [9.17, 15) is 9.18 Å². The Morgan fingerprint density at radius 1 is 1.19 bits per heavy atom. The molecule has 0 saturated carbocycles. The van der Waals surface area contributed by atoms with Crippen LogP contribution in [-0.2, 0) is 24.8 Å². The summed E-state index contributed by atoms with van der Waals surface area (Å²) in [4.78, 5) is 12.2. The van der Waals surface area contributed by atoms with Crippen LogP contribution < -0.4 is 5.32 Å². The van der Waals surface area contributed by atoms with E-state index >= 15 is 0 Å². The Hall–Kier alpha value is -2.66. The van der Waals surface area contributed by atoms with Gasteiger partial charge in [-0.15, -0.1) is 0 Å². The molecule has 1 amide bonds. The molecule has 0 aliphatic carbocycles. The van der Waals surface area contributed by atoms with Crippen molar-refractivity contribution in [2.75, 3.05) is 0 Å². The van der Waals surface area contributed by atoms with Gasteiger partial charge in [0.2, 0.25) is 5.91 Å². The summed E-state index contributed by atoms with van der Waals surface area (Å²) >= 11 is 5.99. The van der Waals surface area contributed by atoms with Gasteiger partial charge in [-0.05, 0) is 36.6 Å². The number of carbonyl (C=O) groups excluding carboxylic acids is 1. The predicted molar refractivity (Wildman–Crippen MR) is 105 cm³/mol. The van der Waals surface area contributed by atoms with Crippen LogP contribution in [0.1, 0.15) is 23.1 Å². The van der Waals surface area contributed by atoms with Gasteiger partial charge in [0.25, 0.3) is 0 Å². The Labute approximate surface area is 163 Å². The fourth-order valence-electron chi connectivity index (χ4n) is 2.87. The normalized spacial score (nSPS) is 10.8. The van der Waals surface area contributed by atoms with Crippen LogP contribution in [-0.4, -0.2) is 15.7 Å². The summed E-state index contributed by atoms with van der Waals surface area (Å²) < 4.78 is 14.8. The summed E-state index contributed by atoms with van der Waals surface area (Å²) in [5.74, 6) is -0.482. The quantitative estimate of drug-likeness (QED) is 0.682. The minimum absolute atomic E-state index is 0.0888. The van der Waals surface area contributed by atoms with Crippen LogP contribution in [0, 0.1) is 12.7 Å². The smallest absolute Gasteiger partial charge is 0.220 e. The van der Waals surface area contributed by atoms with Crippen molar-refractivity contribution in [2.45, 2.75) is 26.3 Å². The Balaban J connectivity index is 1.61. The van der Waals surface area contributed by atoms with Crippen molar-refractivity contribution in [2.24, 2.45) is 7.05 Å². The van der Waals surface area contributed by atoms with Crippen molar-refractivity contribution in [3.63, 3.8) is 0 Å². The molecule has 3 aromatic rings. The van der Waals surface area contributed by atoms with E-state index in [4.69, 9.17) is 11.6 Å². The highest BCUT2D eigenvalue weighted by Crippen LogP contribution is 2.23. The monoisotopic (exact) mass is 385 g/mol. The minimum atomic E-state index is -0.393. The van der Waals surface area contributed by atoms with E-state index in [1.807, 2.05) is 44.4 Å². The summed E-state index contributed by atoms with van der Waals surface area (Å²) in [5.41, 5.74) is 4.83. The first-order valence-electron chi connectivity index (χ1n) is 8.72. The number of hydrogen-bond acceptors (Lipinski definition) is 2. The average molecular weight is 386 g/mol. The van der Waals surface area contributed by atoms with Crippen LogP contribution in [0.2, 0.25) is 5.02 Å². The Kier molecular flexibility index (Phi) is 5.91. The topological polar surface area (TPSA) is 46.9 Å². The van der Waals surface area contributed by atoms with Crippen LogP contribution in [0.25, 0.3) is 11.3 Å². The lowest BCUT2D eigenvalue weighted by atomic mass is 10.0. The van der Waals surface area contributed by atoms with Gasteiger partial charge in [-0.25, -0.2) is 4.39 Å². The van der Waals surface area contributed by atoms with E-state index < -0.39 is 5.82 Å². The number of aryl methyl sites for hydroxylation is 3. The second-order valence-corrected chi connectivity index (χ2v) is 6.96. The molecule has 3 rings (SSSR count). The number of hydrogen-bond donors (Lipinski definition) is 1. The zero-order chi connectivity index (χ0) is 19.4. The highest BCUT2D eigenvalue weighted by Gasteiger charge is 2.12. The molecule has 0 saturated heterocycles. The fourth-order valence-corrected chi connectivity index (χ4v) is 3.10. The molecule has 2 aromatic carbocycles. The van der Waals surface area contributed by atoms with Crippen LogP contribution in [0.3, 0.4) is 0 Å². The van der Waals surface area contributed by atoms with Crippen LogP contribution >= 0.6 is 11.6 Å². The summed E-state index contributed by atoms with van der Waals surface area (Å²) in [5, 5.41) is 7.67.